The summed E-state index contributed by atoms with van der Waals surface area (Å²) in [4.78, 5) is 16.2. The molecule has 2 aromatic heterocycles. The van der Waals surface area contributed by atoms with Crippen LogP contribution in [-0.4, -0.2) is 25.8 Å². The van der Waals surface area contributed by atoms with Crippen LogP contribution in [0.4, 0.5) is 5.82 Å². The summed E-state index contributed by atoms with van der Waals surface area (Å²) in [7, 11) is 0. The van der Waals surface area contributed by atoms with Gasteiger partial charge >= 0.3 is 0 Å². The lowest BCUT2D eigenvalue weighted by atomic mass is 10.2. The molecule has 1 aromatic carbocycles. The van der Waals surface area contributed by atoms with Crippen LogP contribution in [-0.2, 0) is 11.3 Å². The highest BCUT2D eigenvalue weighted by Crippen LogP contribution is 2.25. The molecule has 0 radical (unpaired) electrons. The van der Waals surface area contributed by atoms with E-state index in [1.165, 1.54) is 11.0 Å². The molecule has 7 nitrogen and oxygen atoms in total. The van der Waals surface area contributed by atoms with Crippen molar-refractivity contribution in [3.05, 3.63) is 47.4 Å². The van der Waals surface area contributed by atoms with E-state index < -0.39 is 0 Å². The highest BCUT2D eigenvalue weighted by molar-refractivity contribution is 6.33. The van der Waals surface area contributed by atoms with Crippen molar-refractivity contribution in [3.8, 4) is 11.4 Å². The number of rotatable bonds is 4. The van der Waals surface area contributed by atoms with Crippen LogP contribution < -0.4 is 5.32 Å². The second-order valence-corrected chi connectivity index (χ2v) is 5.00. The summed E-state index contributed by atoms with van der Waals surface area (Å²) < 4.78 is 6.37. The lowest BCUT2D eigenvalue weighted by Crippen LogP contribution is -2.20. The zero-order valence-corrected chi connectivity index (χ0v) is 12.4. The third-order valence-electron chi connectivity index (χ3n) is 2.92. The van der Waals surface area contributed by atoms with E-state index >= 15 is 0 Å². The standard InChI is InChI=1S/C14H12ClN5O2/c1-9-6-12(19-22-9)18-13(21)7-20-14(16-8-17-20)10-4-2-3-5-11(10)15/h2-6,8H,7H2,1H3,(H,18,19,21). The van der Waals surface area contributed by atoms with Gasteiger partial charge in [0.05, 0.1) is 5.02 Å². The molecule has 1 N–H and O–H groups in total. The third-order valence-corrected chi connectivity index (χ3v) is 3.25. The molecule has 0 atom stereocenters. The van der Waals surface area contributed by atoms with E-state index in [2.05, 4.69) is 20.6 Å². The number of carbonyl (C=O) groups is 1. The average Bonchev–Trinajstić information content (AvgIpc) is 3.09. The van der Waals surface area contributed by atoms with Crippen LogP contribution in [0.1, 0.15) is 5.76 Å². The summed E-state index contributed by atoms with van der Waals surface area (Å²) in [6.45, 7) is 1.74. The molecule has 8 heteroatoms. The van der Waals surface area contributed by atoms with E-state index in [-0.39, 0.29) is 12.5 Å². The van der Waals surface area contributed by atoms with Gasteiger partial charge in [0, 0.05) is 11.6 Å². The van der Waals surface area contributed by atoms with Crippen LogP contribution >= 0.6 is 11.6 Å². The average molecular weight is 318 g/mol. The molecule has 3 rings (SSSR count). The fourth-order valence-corrected chi connectivity index (χ4v) is 2.19. The largest absolute Gasteiger partial charge is 0.360 e. The molecule has 2 heterocycles. The molecular weight excluding hydrogens is 306 g/mol. The molecule has 0 aliphatic rings. The minimum atomic E-state index is -0.285. The van der Waals surface area contributed by atoms with Crippen LogP contribution in [0.25, 0.3) is 11.4 Å². The first kappa shape index (κ1) is 14.3. The SMILES string of the molecule is Cc1cc(NC(=O)Cn2ncnc2-c2ccccc2Cl)no1. The van der Waals surface area contributed by atoms with Gasteiger partial charge in [-0.3, -0.25) is 4.79 Å². The highest BCUT2D eigenvalue weighted by atomic mass is 35.5. The molecule has 1 amide bonds. The maximum atomic E-state index is 12.0. The number of carbonyl (C=O) groups excluding carboxylic acids is 1. The lowest BCUT2D eigenvalue weighted by molar-refractivity contribution is -0.116. The van der Waals surface area contributed by atoms with E-state index in [1.54, 1.807) is 19.1 Å². The van der Waals surface area contributed by atoms with E-state index in [0.717, 1.165) is 0 Å². The van der Waals surface area contributed by atoms with Crippen LogP contribution in [0.15, 0.2) is 41.2 Å². The number of aromatic nitrogens is 4. The number of nitrogens with one attached hydrogen (secondary N) is 1. The van der Waals surface area contributed by atoms with Gasteiger partial charge < -0.3 is 9.84 Å². The van der Waals surface area contributed by atoms with E-state index in [0.29, 0.717) is 28.0 Å². The van der Waals surface area contributed by atoms with Crippen molar-refractivity contribution in [2.45, 2.75) is 13.5 Å². The van der Waals surface area contributed by atoms with Gasteiger partial charge in [-0.25, -0.2) is 9.67 Å². The van der Waals surface area contributed by atoms with Crippen molar-refractivity contribution >= 4 is 23.3 Å². The quantitative estimate of drug-likeness (QED) is 0.799. The van der Waals surface area contributed by atoms with Crippen molar-refractivity contribution in [2.75, 3.05) is 5.32 Å². The zero-order chi connectivity index (χ0) is 15.5. The van der Waals surface area contributed by atoms with Gasteiger partial charge in [-0.1, -0.05) is 28.9 Å². The van der Waals surface area contributed by atoms with Gasteiger partial charge in [0.25, 0.3) is 0 Å². The van der Waals surface area contributed by atoms with Crippen molar-refractivity contribution in [3.63, 3.8) is 0 Å². The number of nitrogens with zero attached hydrogens (tertiary/aromatic N) is 4. The minimum Gasteiger partial charge on any atom is -0.360 e. The lowest BCUT2D eigenvalue weighted by Gasteiger charge is -2.07. The van der Waals surface area contributed by atoms with Crippen LogP contribution in [0.3, 0.4) is 0 Å². The van der Waals surface area contributed by atoms with Crippen molar-refractivity contribution < 1.29 is 9.32 Å². The Bertz CT molecular complexity index is 811. The maximum Gasteiger partial charge on any atom is 0.247 e. The molecule has 0 fully saturated rings. The van der Waals surface area contributed by atoms with Gasteiger partial charge in [0.15, 0.2) is 11.6 Å². The zero-order valence-electron chi connectivity index (χ0n) is 11.7. The summed E-state index contributed by atoms with van der Waals surface area (Å²) in [5.74, 6) is 1.22. The number of anilines is 1. The molecule has 0 bridgehead atoms. The molecule has 0 aliphatic carbocycles. The van der Waals surface area contributed by atoms with Crippen LogP contribution in [0.5, 0.6) is 0 Å². The smallest absolute Gasteiger partial charge is 0.247 e. The summed E-state index contributed by atoms with van der Waals surface area (Å²) in [5.41, 5.74) is 0.715. The first-order chi connectivity index (χ1) is 10.6. The number of hydrogen-bond acceptors (Lipinski definition) is 5. The molecule has 0 saturated heterocycles. The van der Waals surface area contributed by atoms with Gasteiger partial charge in [0.1, 0.15) is 18.6 Å². The Kier molecular flexibility index (Phi) is 3.88. The fraction of sp³-hybridized carbons (Fsp3) is 0.143. The molecule has 3 aromatic rings. The summed E-state index contributed by atoms with van der Waals surface area (Å²) in [5, 5.41) is 10.9. The predicted octanol–water partition coefficient (Wildman–Crippen LogP) is 2.53. The first-order valence-corrected chi connectivity index (χ1v) is 6.87. The van der Waals surface area contributed by atoms with Gasteiger partial charge in [0.2, 0.25) is 5.91 Å². The maximum absolute atomic E-state index is 12.0. The van der Waals surface area contributed by atoms with Gasteiger partial charge in [-0.05, 0) is 19.1 Å². The topological polar surface area (TPSA) is 85.8 Å². The Hall–Kier alpha value is -2.67. The fourth-order valence-electron chi connectivity index (χ4n) is 1.97. The van der Waals surface area contributed by atoms with Crippen molar-refractivity contribution in [2.24, 2.45) is 0 Å². The number of hydrogen-bond donors (Lipinski definition) is 1. The molecule has 112 valence electrons. The van der Waals surface area contributed by atoms with Crippen LogP contribution in [0, 0.1) is 6.92 Å². The van der Waals surface area contributed by atoms with Crippen molar-refractivity contribution in [1.29, 1.82) is 0 Å². The molecule has 0 saturated carbocycles. The summed E-state index contributed by atoms with van der Waals surface area (Å²) >= 11 is 6.15. The monoisotopic (exact) mass is 317 g/mol. The molecule has 0 aliphatic heterocycles. The highest BCUT2D eigenvalue weighted by Gasteiger charge is 2.14. The van der Waals surface area contributed by atoms with Crippen LogP contribution in [0.2, 0.25) is 5.02 Å². The van der Waals surface area contributed by atoms with Crippen molar-refractivity contribution in [1.82, 2.24) is 19.9 Å². The second kappa shape index (κ2) is 5.98. The summed E-state index contributed by atoms with van der Waals surface area (Å²) in [6.07, 6.45) is 1.38. The number of benzene rings is 1. The molecule has 0 spiro atoms. The normalized spacial score (nSPS) is 10.6. The number of aryl methyl sites for hydroxylation is 1. The Labute approximate surface area is 130 Å². The second-order valence-electron chi connectivity index (χ2n) is 4.59. The first-order valence-electron chi connectivity index (χ1n) is 6.49. The molecule has 0 unspecified atom stereocenters. The van der Waals surface area contributed by atoms with E-state index in [9.17, 15) is 4.79 Å². The van der Waals surface area contributed by atoms with Gasteiger partial charge in [-0.2, -0.15) is 5.10 Å². The Balaban J connectivity index is 1.78. The number of halogens is 1. The van der Waals surface area contributed by atoms with E-state index in [1.807, 2.05) is 18.2 Å². The Morgan fingerprint density at radius 1 is 1.41 bits per heavy atom. The van der Waals surface area contributed by atoms with Gasteiger partial charge in [-0.15, -0.1) is 0 Å². The molecular formula is C14H12ClN5O2. The Morgan fingerprint density at radius 3 is 2.95 bits per heavy atom. The Morgan fingerprint density at radius 2 is 2.23 bits per heavy atom. The third kappa shape index (κ3) is 2.99. The van der Waals surface area contributed by atoms with E-state index in [4.69, 9.17) is 16.1 Å². The predicted molar refractivity (Wildman–Crippen MR) is 80.3 cm³/mol. The summed E-state index contributed by atoms with van der Waals surface area (Å²) in [6, 6.07) is 8.88. The minimum absolute atomic E-state index is 0.00748. The molecule has 22 heavy (non-hydrogen) atoms. The number of amides is 1.